The van der Waals surface area contributed by atoms with Gasteiger partial charge >= 0.3 is 0 Å². The van der Waals surface area contributed by atoms with Gasteiger partial charge in [-0.2, -0.15) is 0 Å². The maximum atomic E-state index is 13.9. The van der Waals surface area contributed by atoms with E-state index in [0.29, 0.717) is 29.2 Å². The minimum absolute atomic E-state index is 0.0929. The Hall–Kier alpha value is -3.84. The molecule has 1 aliphatic heterocycles. The van der Waals surface area contributed by atoms with Crippen molar-refractivity contribution in [1.29, 1.82) is 0 Å². The molecule has 198 valence electrons. The van der Waals surface area contributed by atoms with Crippen LogP contribution in [0.2, 0.25) is 5.02 Å². The minimum atomic E-state index is -0.993. The number of methoxy groups -OCH3 is 1. The molecular formula is C30H29ClFNO5. The van der Waals surface area contributed by atoms with Crippen LogP contribution >= 0.6 is 11.6 Å². The van der Waals surface area contributed by atoms with Crippen molar-refractivity contribution in [2.75, 3.05) is 18.6 Å². The summed E-state index contributed by atoms with van der Waals surface area (Å²) in [5, 5.41) is 11.3. The topological polar surface area (TPSA) is 76.1 Å². The van der Waals surface area contributed by atoms with Crippen molar-refractivity contribution in [3.63, 3.8) is 0 Å². The number of ether oxygens (including phenoxy) is 2. The van der Waals surface area contributed by atoms with E-state index in [1.807, 2.05) is 27.7 Å². The van der Waals surface area contributed by atoms with Crippen LogP contribution in [0.3, 0.4) is 0 Å². The zero-order chi connectivity index (χ0) is 27.8. The predicted octanol–water partition coefficient (Wildman–Crippen LogP) is 6.81. The first-order valence-corrected chi connectivity index (χ1v) is 12.5. The van der Waals surface area contributed by atoms with Crippen LogP contribution in [0.5, 0.6) is 11.5 Å². The molecule has 6 nitrogen and oxygen atoms in total. The number of hydrogen-bond donors (Lipinski definition) is 1. The average molecular weight is 538 g/mol. The Morgan fingerprint density at radius 3 is 2.32 bits per heavy atom. The number of ketones is 1. The number of halogens is 2. The number of carbonyl (C=O) groups excluding carboxylic acids is 2. The van der Waals surface area contributed by atoms with Crippen molar-refractivity contribution in [2.45, 2.75) is 39.2 Å². The number of aliphatic hydroxyl groups is 1. The Labute approximate surface area is 226 Å². The average Bonchev–Trinajstić information content (AvgIpc) is 3.15. The number of hydrogen-bond acceptors (Lipinski definition) is 5. The first-order chi connectivity index (χ1) is 18.0. The molecule has 1 saturated heterocycles. The summed E-state index contributed by atoms with van der Waals surface area (Å²) < 4.78 is 25.0. The Kier molecular flexibility index (Phi) is 7.51. The van der Waals surface area contributed by atoms with E-state index in [4.69, 9.17) is 21.1 Å². The van der Waals surface area contributed by atoms with Gasteiger partial charge in [-0.3, -0.25) is 14.5 Å². The lowest BCUT2D eigenvalue weighted by Crippen LogP contribution is -2.29. The van der Waals surface area contributed by atoms with Crippen molar-refractivity contribution >= 4 is 34.7 Å². The molecule has 1 unspecified atom stereocenters. The number of amides is 1. The van der Waals surface area contributed by atoms with Gasteiger partial charge < -0.3 is 14.6 Å². The number of nitrogens with zero attached hydrogens (tertiary/aromatic N) is 1. The summed E-state index contributed by atoms with van der Waals surface area (Å²) in [7, 11) is 1.53. The van der Waals surface area contributed by atoms with Crippen molar-refractivity contribution in [1.82, 2.24) is 0 Å². The number of carbonyl (C=O) groups is 2. The fourth-order valence-electron chi connectivity index (χ4n) is 4.54. The van der Waals surface area contributed by atoms with Crippen molar-refractivity contribution < 1.29 is 28.6 Å². The summed E-state index contributed by atoms with van der Waals surface area (Å²) in [4.78, 5) is 28.0. The molecular weight excluding hydrogens is 509 g/mol. The first-order valence-electron chi connectivity index (χ1n) is 12.2. The van der Waals surface area contributed by atoms with E-state index >= 15 is 0 Å². The summed E-state index contributed by atoms with van der Waals surface area (Å²) >= 11 is 6.02. The fourth-order valence-corrected chi connectivity index (χ4v) is 4.71. The van der Waals surface area contributed by atoms with Gasteiger partial charge in [-0.25, -0.2) is 4.39 Å². The van der Waals surface area contributed by atoms with Gasteiger partial charge in [-0.05, 0) is 66.4 Å². The molecule has 1 atom stereocenters. The molecule has 1 aliphatic rings. The van der Waals surface area contributed by atoms with Gasteiger partial charge in [0, 0.05) is 16.8 Å². The third kappa shape index (κ3) is 4.98. The summed E-state index contributed by atoms with van der Waals surface area (Å²) in [6.07, 6.45) is 0. The van der Waals surface area contributed by atoms with Crippen LogP contribution in [0.15, 0.2) is 66.2 Å². The van der Waals surface area contributed by atoms with Crippen molar-refractivity contribution in [2.24, 2.45) is 0 Å². The van der Waals surface area contributed by atoms with E-state index in [1.54, 1.807) is 42.5 Å². The van der Waals surface area contributed by atoms with Crippen LogP contribution in [-0.4, -0.2) is 30.5 Å². The zero-order valence-electron chi connectivity index (χ0n) is 21.8. The molecule has 1 N–H and O–H groups in total. The number of Topliss-reactive ketones (excluding diaryl/α,β-unsaturated/α-hetero) is 1. The van der Waals surface area contributed by atoms with E-state index < -0.39 is 23.5 Å². The number of anilines is 1. The van der Waals surface area contributed by atoms with Gasteiger partial charge in [0.15, 0.2) is 0 Å². The monoisotopic (exact) mass is 537 g/mol. The number of aliphatic hydroxyl groups excluding tert-OH is 1. The van der Waals surface area contributed by atoms with Crippen molar-refractivity contribution in [3.05, 3.63) is 93.8 Å². The molecule has 1 fully saturated rings. The van der Waals surface area contributed by atoms with E-state index in [2.05, 4.69) is 0 Å². The Balaban J connectivity index is 1.95. The molecule has 0 aliphatic carbocycles. The second-order valence-corrected chi connectivity index (χ2v) is 10.3. The highest BCUT2D eigenvalue weighted by Crippen LogP contribution is 2.44. The maximum absolute atomic E-state index is 13.9. The fraction of sp³-hybridized carbons (Fsp3) is 0.267. The largest absolute Gasteiger partial charge is 0.507 e. The van der Waals surface area contributed by atoms with E-state index in [-0.39, 0.29) is 27.5 Å². The molecule has 38 heavy (non-hydrogen) atoms. The molecule has 8 heteroatoms. The summed E-state index contributed by atoms with van der Waals surface area (Å²) in [5.41, 5.74) is 1.56. The van der Waals surface area contributed by atoms with Gasteiger partial charge in [0.2, 0.25) is 0 Å². The molecule has 0 saturated carbocycles. The van der Waals surface area contributed by atoms with Crippen LogP contribution < -0.4 is 14.4 Å². The highest BCUT2D eigenvalue weighted by Gasteiger charge is 2.47. The smallest absolute Gasteiger partial charge is 0.300 e. The third-order valence-corrected chi connectivity index (χ3v) is 6.71. The van der Waals surface area contributed by atoms with Gasteiger partial charge in [0.05, 0.1) is 30.4 Å². The molecule has 3 aromatic rings. The van der Waals surface area contributed by atoms with Gasteiger partial charge in [-0.15, -0.1) is 0 Å². The maximum Gasteiger partial charge on any atom is 0.300 e. The third-order valence-electron chi connectivity index (χ3n) is 6.42. The number of rotatable bonds is 6. The zero-order valence-corrected chi connectivity index (χ0v) is 22.6. The molecule has 0 aromatic heterocycles. The second kappa shape index (κ2) is 10.5. The van der Waals surface area contributed by atoms with Crippen molar-refractivity contribution in [3.8, 4) is 11.5 Å². The van der Waals surface area contributed by atoms with E-state index in [9.17, 15) is 19.1 Å². The lowest BCUT2D eigenvalue weighted by molar-refractivity contribution is -0.132. The summed E-state index contributed by atoms with van der Waals surface area (Å²) in [6, 6.07) is 14.8. The molecule has 3 aromatic carbocycles. The van der Waals surface area contributed by atoms with Gasteiger partial charge in [0.25, 0.3) is 11.7 Å². The molecule has 1 amide bonds. The molecule has 0 spiro atoms. The molecule has 4 rings (SSSR count). The number of benzene rings is 3. The van der Waals surface area contributed by atoms with Crippen LogP contribution in [0.25, 0.3) is 5.76 Å². The predicted molar refractivity (Wildman–Crippen MR) is 145 cm³/mol. The lowest BCUT2D eigenvalue weighted by atomic mass is 9.84. The highest BCUT2D eigenvalue weighted by atomic mass is 35.5. The Morgan fingerprint density at radius 2 is 1.74 bits per heavy atom. The molecule has 1 heterocycles. The van der Waals surface area contributed by atoms with Gasteiger partial charge in [0.1, 0.15) is 23.1 Å². The first kappa shape index (κ1) is 27.2. The van der Waals surface area contributed by atoms with Crippen LogP contribution in [-0.2, 0) is 15.0 Å². The minimum Gasteiger partial charge on any atom is -0.507 e. The lowest BCUT2D eigenvalue weighted by Gasteiger charge is -2.26. The summed E-state index contributed by atoms with van der Waals surface area (Å²) in [6.45, 7) is 8.41. The van der Waals surface area contributed by atoms with Crippen LogP contribution in [0, 0.1) is 5.82 Å². The Bertz CT molecular complexity index is 1430. The van der Waals surface area contributed by atoms with Crippen LogP contribution in [0.1, 0.15) is 50.4 Å². The second-order valence-electron chi connectivity index (χ2n) is 9.93. The SMILES string of the molecule is CCOc1ccc(/C(O)=C2/C(=O)C(=O)N(c3ccc(F)c(Cl)c3)C2c2ccc(OC)cc2)cc1C(C)(C)C. The normalized spacial score (nSPS) is 17.1. The summed E-state index contributed by atoms with van der Waals surface area (Å²) in [5.74, 6) is -1.46. The van der Waals surface area contributed by atoms with E-state index in [0.717, 1.165) is 11.6 Å². The molecule has 0 radical (unpaired) electrons. The van der Waals surface area contributed by atoms with Crippen LogP contribution in [0.4, 0.5) is 10.1 Å². The highest BCUT2D eigenvalue weighted by molar-refractivity contribution is 6.51. The van der Waals surface area contributed by atoms with E-state index in [1.165, 1.54) is 24.1 Å². The molecule has 0 bridgehead atoms. The standard InChI is InChI=1S/C30H29ClFNO5/c1-6-38-24-14-9-18(15-21(24)30(2,3)4)27(34)25-26(17-7-11-20(37-5)12-8-17)33(29(36)28(25)35)19-10-13-23(32)22(31)16-19/h7-16,26,34H,6H2,1-5H3/b27-25-. The van der Waals surface area contributed by atoms with Gasteiger partial charge in [-0.1, -0.05) is 44.5 Å². The quantitative estimate of drug-likeness (QED) is 0.212. The Morgan fingerprint density at radius 1 is 1.05 bits per heavy atom.